The van der Waals surface area contributed by atoms with Crippen molar-refractivity contribution < 1.29 is 24.1 Å². The van der Waals surface area contributed by atoms with E-state index in [0.717, 1.165) is 16.8 Å². The highest BCUT2D eigenvalue weighted by Crippen LogP contribution is 2.28. The molecule has 4 aromatic rings. The number of hydrogen-bond donors (Lipinski definition) is 1. The number of ether oxygens (including phenoxy) is 3. The number of carbonyl (C=O) groups is 1. The monoisotopic (exact) mass is 418 g/mol. The molecule has 7 nitrogen and oxygen atoms in total. The molecule has 0 aliphatic rings. The van der Waals surface area contributed by atoms with Crippen molar-refractivity contribution in [3.05, 3.63) is 78.1 Å². The van der Waals surface area contributed by atoms with Gasteiger partial charge < -0.3 is 23.9 Å². The zero-order valence-corrected chi connectivity index (χ0v) is 17.2. The van der Waals surface area contributed by atoms with Gasteiger partial charge in [-0.1, -0.05) is 12.1 Å². The van der Waals surface area contributed by atoms with Crippen molar-refractivity contribution in [2.75, 3.05) is 6.61 Å². The molecule has 0 radical (unpaired) electrons. The quantitative estimate of drug-likeness (QED) is 0.432. The predicted octanol–water partition coefficient (Wildman–Crippen LogP) is 5.04. The summed E-state index contributed by atoms with van der Waals surface area (Å²) >= 11 is 0. The normalized spacial score (nSPS) is 10.8. The molecular weight excluding hydrogens is 396 g/mol. The molecule has 158 valence electrons. The molecular formula is C24H22N2O5. The Balaban J connectivity index is 1.52. The number of rotatable bonds is 8. The average Bonchev–Trinajstić information content (AvgIpc) is 3.08. The van der Waals surface area contributed by atoms with Crippen LogP contribution in [0.2, 0.25) is 0 Å². The minimum atomic E-state index is -0.993. The first-order chi connectivity index (χ1) is 15.0. The number of benzene rings is 3. The number of carboxylic acids is 1. The molecule has 0 atom stereocenters. The molecule has 0 spiro atoms. The Labute approximate surface area is 179 Å². The summed E-state index contributed by atoms with van der Waals surface area (Å²) in [4.78, 5) is 15.7. The molecule has 1 heterocycles. The number of aromatic carboxylic acids is 1. The fourth-order valence-electron chi connectivity index (χ4n) is 3.21. The van der Waals surface area contributed by atoms with Gasteiger partial charge in [0.15, 0.2) is 0 Å². The SMILES string of the molecule is CCOc1cccc(Oc2ccc3nc(COc4cccc(C(=O)O)c4)n(C)c3c2)c1. The van der Waals surface area contributed by atoms with Gasteiger partial charge in [-0.2, -0.15) is 0 Å². The second-order valence-electron chi connectivity index (χ2n) is 6.87. The summed E-state index contributed by atoms with van der Waals surface area (Å²) in [7, 11) is 1.90. The summed E-state index contributed by atoms with van der Waals surface area (Å²) < 4.78 is 19.2. The van der Waals surface area contributed by atoms with Crippen LogP contribution in [0.1, 0.15) is 23.1 Å². The highest BCUT2D eigenvalue weighted by atomic mass is 16.5. The van der Waals surface area contributed by atoms with Gasteiger partial charge in [0.05, 0.1) is 23.2 Å². The molecule has 0 unspecified atom stereocenters. The molecule has 3 aromatic carbocycles. The fourth-order valence-corrected chi connectivity index (χ4v) is 3.21. The molecule has 0 aliphatic carbocycles. The Morgan fingerprint density at radius 2 is 1.65 bits per heavy atom. The first kappa shape index (κ1) is 20.3. The summed E-state index contributed by atoms with van der Waals surface area (Å²) in [5.41, 5.74) is 1.89. The van der Waals surface area contributed by atoms with E-state index < -0.39 is 5.97 Å². The Hall–Kier alpha value is -4.00. The van der Waals surface area contributed by atoms with E-state index in [0.29, 0.717) is 29.7 Å². The largest absolute Gasteiger partial charge is 0.494 e. The molecule has 7 heteroatoms. The van der Waals surface area contributed by atoms with Gasteiger partial charge in [-0.3, -0.25) is 0 Å². The van der Waals surface area contributed by atoms with Gasteiger partial charge in [0.2, 0.25) is 0 Å². The number of nitrogens with zero attached hydrogens (tertiary/aromatic N) is 2. The van der Waals surface area contributed by atoms with Crippen LogP contribution in [0.5, 0.6) is 23.0 Å². The smallest absolute Gasteiger partial charge is 0.335 e. The van der Waals surface area contributed by atoms with E-state index in [1.807, 2.05) is 61.0 Å². The van der Waals surface area contributed by atoms with Crippen LogP contribution in [0, 0.1) is 0 Å². The van der Waals surface area contributed by atoms with Gasteiger partial charge >= 0.3 is 5.97 Å². The second kappa shape index (κ2) is 8.79. The summed E-state index contributed by atoms with van der Waals surface area (Å²) in [6.07, 6.45) is 0. The Kier molecular flexibility index (Phi) is 5.75. The van der Waals surface area contributed by atoms with Gasteiger partial charge in [-0.25, -0.2) is 9.78 Å². The van der Waals surface area contributed by atoms with E-state index >= 15 is 0 Å². The number of hydrogen-bond acceptors (Lipinski definition) is 5. The zero-order chi connectivity index (χ0) is 21.8. The summed E-state index contributed by atoms with van der Waals surface area (Å²) in [5.74, 6) is 2.33. The van der Waals surface area contributed by atoms with Crippen molar-refractivity contribution in [2.24, 2.45) is 7.05 Å². The third-order valence-corrected chi connectivity index (χ3v) is 4.75. The van der Waals surface area contributed by atoms with Crippen molar-refractivity contribution in [2.45, 2.75) is 13.5 Å². The minimum Gasteiger partial charge on any atom is -0.494 e. The molecule has 1 N–H and O–H groups in total. The lowest BCUT2D eigenvalue weighted by molar-refractivity contribution is 0.0696. The molecule has 0 aliphatic heterocycles. The standard InChI is InChI=1S/C24H22N2O5/c1-3-29-18-8-5-9-19(13-18)31-20-10-11-21-22(14-20)26(2)23(25-21)15-30-17-7-4-6-16(12-17)24(27)28/h4-14H,3,15H2,1-2H3,(H,27,28). The lowest BCUT2D eigenvalue weighted by Gasteiger charge is -2.09. The minimum absolute atomic E-state index is 0.178. The molecule has 0 saturated heterocycles. The van der Waals surface area contributed by atoms with Gasteiger partial charge in [0.25, 0.3) is 0 Å². The summed E-state index contributed by atoms with van der Waals surface area (Å²) in [5, 5.41) is 9.12. The van der Waals surface area contributed by atoms with Crippen LogP contribution >= 0.6 is 0 Å². The van der Waals surface area contributed by atoms with E-state index in [-0.39, 0.29) is 12.2 Å². The molecule has 0 fully saturated rings. The fraction of sp³-hybridized carbons (Fsp3) is 0.167. The predicted molar refractivity (Wildman–Crippen MR) is 116 cm³/mol. The van der Waals surface area contributed by atoms with Gasteiger partial charge in [0.1, 0.15) is 35.4 Å². The van der Waals surface area contributed by atoms with E-state index in [9.17, 15) is 4.79 Å². The van der Waals surface area contributed by atoms with Crippen molar-refractivity contribution in [3.8, 4) is 23.0 Å². The van der Waals surface area contributed by atoms with Crippen LogP contribution < -0.4 is 14.2 Å². The molecule has 0 saturated carbocycles. The maximum Gasteiger partial charge on any atom is 0.335 e. The van der Waals surface area contributed by atoms with Crippen LogP contribution in [-0.4, -0.2) is 27.2 Å². The zero-order valence-electron chi connectivity index (χ0n) is 17.2. The Morgan fingerprint density at radius 3 is 2.42 bits per heavy atom. The van der Waals surface area contributed by atoms with Crippen molar-refractivity contribution in [1.29, 1.82) is 0 Å². The maximum absolute atomic E-state index is 11.1. The first-order valence-electron chi connectivity index (χ1n) is 9.85. The number of aromatic nitrogens is 2. The lowest BCUT2D eigenvalue weighted by atomic mass is 10.2. The molecule has 1 aromatic heterocycles. The van der Waals surface area contributed by atoms with Crippen LogP contribution in [0.4, 0.5) is 0 Å². The van der Waals surface area contributed by atoms with Crippen molar-refractivity contribution >= 4 is 17.0 Å². The van der Waals surface area contributed by atoms with E-state index in [4.69, 9.17) is 19.3 Å². The van der Waals surface area contributed by atoms with Crippen molar-refractivity contribution in [3.63, 3.8) is 0 Å². The van der Waals surface area contributed by atoms with Crippen LogP contribution in [0.25, 0.3) is 11.0 Å². The molecule has 31 heavy (non-hydrogen) atoms. The highest BCUT2D eigenvalue weighted by Gasteiger charge is 2.11. The highest BCUT2D eigenvalue weighted by molar-refractivity contribution is 5.88. The summed E-state index contributed by atoms with van der Waals surface area (Å²) in [6, 6.07) is 19.6. The number of imidazole rings is 1. The maximum atomic E-state index is 11.1. The topological polar surface area (TPSA) is 82.8 Å². The third kappa shape index (κ3) is 4.61. The average molecular weight is 418 g/mol. The Bertz CT molecular complexity index is 1230. The summed E-state index contributed by atoms with van der Waals surface area (Å²) in [6.45, 7) is 2.74. The lowest BCUT2D eigenvalue weighted by Crippen LogP contribution is -2.04. The van der Waals surface area contributed by atoms with E-state index in [2.05, 4.69) is 4.98 Å². The first-order valence-corrected chi connectivity index (χ1v) is 9.85. The van der Waals surface area contributed by atoms with Gasteiger partial charge in [-0.15, -0.1) is 0 Å². The molecule has 0 bridgehead atoms. The third-order valence-electron chi connectivity index (χ3n) is 4.75. The van der Waals surface area contributed by atoms with Gasteiger partial charge in [0, 0.05) is 19.2 Å². The number of aryl methyl sites for hydroxylation is 1. The molecule has 4 rings (SSSR count). The Morgan fingerprint density at radius 1 is 0.935 bits per heavy atom. The van der Waals surface area contributed by atoms with Crippen LogP contribution in [-0.2, 0) is 13.7 Å². The van der Waals surface area contributed by atoms with Crippen molar-refractivity contribution in [1.82, 2.24) is 9.55 Å². The van der Waals surface area contributed by atoms with E-state index in [1.54, 1.807) is 12.1 Å². The van der Waals surface area contributed by atoms with E-state index in [1.165, 1.54) is 12.1 Å². The molecule has 0 amide bonds. The number of fused-ring (bicyclic) bond motifs is 1. The van der Waals surface area contributed by atoms with Crippen LogP contribution in [0.15, 0.2) is 66.7 Å². The van der Waals surface area contributed by atoms with Crippen LogP contribution in [0.3, 0.4) is 0 Å². The number of carboxylic acid groups (broad SMARTS) is 1. The van der Waals surface area contributed by atoms with Gasteiger partial charge in [-0.05, 0) is 49.4 Å². The second-order valence-corrected chi connectivity index (χ2v) is 6.87.